The molecule has 1 aromatic carbocycles. The van der Waals surface area contributed by atoms with Gasteiger partial charge in [0.15, 0.2) is 0 Å². The Morgan fingerprint density at radius 1 is 1.20 bits per heavy atom. The Morgan fingerprint density at radius 2 is 1.80 bits per heavy atom. The van der Waals surface area contributed by atoms with E-state index in [1.807, 2.05) is 6.07 Å². The molecule has 0 aromatic heterocycles. The molecule has 0 aliphatic carbocycles. The van der Waals surface area contributed by atoms with Crippen LogP contribution >= 0.6 is 0 Å². The molecule has 0 N–H and O–H groups in total. The molecule has 0 spiro atoms. The van der Waals surface area contributed by atoms with E-state index in [1.165, 1.54) is 16.7 Å². The zero-order valence-electron chi connectivity index (χ0n) is 7.15. The van der Waals surface area contributed by atoms with Gasteiger partial charge in [-0.1, -0.05) is 20.8 Å². The maximum absolute atomic E-state index is 3.14. The van der Waals surface area contributed by atoms with Crippen molar-refractivity contribution in [3.8, 4) is 0 Å². The fourth-order valence-corrected chi connectivity index (χ4v) is 0.821. The van der Waals surface area contributed by atoms with Crippen molar-refractivity contribution in [3.05, 3.63) is 34.9 Å². The van der Waals surface area contributed by atoms with Crippen molar-refractivity contribution >= 4 is 0 Å². The van der Waals surface area contributed by atoms with E-state index in [4.69, 9.17) is 0 Å². The van der Waals surface area contributed by atoms with Gasteiger partial charge in [0.2, 0.25) is 0 Å². The Kier molecular flexibility index (Phi) is 3.79. The number of aryl methyl sites for hydroxylation is 2. The summed E-state index contributed by atoms with van der Waals surface area (Å²) in [6.45, 7) is 6.33. The molecular weight excluding hydrogens is 115 g/mol. The minimum Gasteiger partial charge on any atom is -0.180 e. The molecule has 1 heteroatoms. The van der Waals surface area contributed by atoms with Crippen molar-refractivity contribution in [3.63, 3.8) is 0 Å². The van der Waals surface area contributed by atoms with E-state index in [2.05, 4.69) is 32.9 Å². The molecule has 48 valence electrons. The van der Waals surface area contributed by atoms with E-state index in [1.54, 1.807) is 0 Å². The van der Waals surface area contributed by atoms with Gasteiger partial charge in [0.05, 0.1) is 0 Å². The van der Waals surface area contributed by atoms with Gasteiger partial charge < -0.3 is 0 Å². The summed E-state index contributed by atoms with van der Waals surface area (Å²) in [5.74, 6) is 0. The number of hydrogen-bond acceptors (Lipinski definition) is 0. The topological polar surface area (TPSA) is 0 Å². The summed E-state index contributed by atoms with van der Waals surface area (Å²) in [5.41, 5.74) is 3.97. The molecule has 0 unspecified atom stereocenters. The zero-order chi connectivity index (χ0) is 6.85. The van der Waals surface area contributed by atoms with Gasteiger partial charge in [0.25, 0.3) is 0 Å². The predicted octanol–water partition coefficient (Wildman–Crippen LogP) is -0.584. The fraction of sp³-hybridized carbons (Fsp3) is 0.333. The van der Waals surface area contributed by atoms with E-state index in [0.717, 1.165) is 0 Å². The van der Waals surface area contributed by atoms with Crippen molar-refractivity contribution in [2.24, 2.45) is 0 Å². The third-order valence-corrected chi connectivity index (χ3v) is 1.79. The summed E-state index contributed by atoms with van der Waals surface area (Å²) >= 11 is 0. The van der Waals surface area contributed by atoms with E-state index in [0.29, 0.717) is 0 Å². The van der Waals surface area contributed by atoms with E-state index in [9.17, 15) is 0 Å². The molecule has 0 aliphatic rings. The third-order valence-electron chi connectivity index (χ3n) is 1.79. The molecule has 0 aliphatic heterocycles. The maximum Gasteiger partial charge on any atom is 1.00 e. The first-order valence-corrected chi connectivity index (χ1v) is 3.16. The summed E-state index contributed by atoms with van der Waals surface area (Å²) in [5, 5.41) is 0. The standard InChI is InChI=1S/C9H11.Li/c1-7-5-4-6-8(2)9(7)3;/h4-5H,1-3H3;/q-1;+1. The van der Waals surface area contributed by atoms with Gasteiger partial charge in [-0.05, 0) is 0 Å². The molecule has 1 rings (SSSR count). The van der Waals surface area contributed by atoms with Crippen LogP contribution in [0.3, 0.4) is 0 Å². The zero-order valence-corrected chi connectivity index (χ0v) is 7.15. The minimum atomic E-state index is 0. The third kappa shape index (κ3) is 1.90. The summed E-state index contributed by atoms with van der Waals surface area (Å²) in [6, 6.07) is 7.20. The SMILES string of the molecule is Cc1[c-]ccc(C)c1C.[Li+]. The molecule has 0 radical (unpaired) electrons. The normalized spacial score (nSPS) is 8.70. The minimum absolute atomic E-state index is 0. The molecule has 1 aromatic rings. The fourth-order valence-electron chi connectivity index (χ4n) is 0.821. The van der Waals surface area contributed by atoms with E-state index < -0.39 is 0 Å². The second-order valence-electron chi connectivity index (χ2n) is 2.41. The maximum atomic E-state index is 3.14. The van der Waals surface area contributed by atoms with Crippen LogP contribution in [0, 0.1) is 26.8 Å². The molecule has 0 bridgehead atoms. The molecule has 0 atom stereocenters. The molecule has 0 heterocycles. The molecule has 0 amide bonds. The number of benzene rings is 1. The van der Waals surface area contributed by atoms with Crippen molar-refractivity contribution in [2.75, 3.05) is 0 Å². The van der Waals surface area contributed by atoms with Gasteiger partial charge in [0, 0.05) is 0 Å². The van der Waals surface area contributed by atoms with Crippen LogP contribution in [0.2, 0.25) is 0 Å². The summed E-state index contributed by atoms with van der Waals surface area (Å²) < 4.78 is 0. The summed E-state index contributed by atoms with van der Waals surface area (Å²) in [4.78, 5) is 0. The quantitative estimate of drug-likeness (QED) is 0.322. The Hall–Kier alpha value is -0.183. The average molecular weight is 126 g/mol. The van der Waals surface area contributed by atoms with Gasteiger partial charge >= 0.3 is 18.9 Å². The first kappa shape index (κ1) is 9.82. The Labute approximate surface area is 74.8 Å². The van der Waals surface area contributed by atoms with E-state index >= 15 is 0 Å². The molecule has 0 saturated carbocycles. The summed E-state index contributed by atoms with van der Waals surface area (Å²) in [7, 11) is 0. The smallest absolute Gasteiger partial charge is 0.180 e. The van der Waals surface area contributed by atoms with Crippen LogP contribution in [0.4, 0.5) is 0 Å². The Balaban J connectivity index is 0.000000810. The van der Waals surface area contributed by atoms with Crippen LogP contribution in [0.15, 0.2) is 12.1 Å². The number of hydrogen-bond donors (Lipinski definition) is 0. The molecule has 0 fully saturated rings. The molecule has 0 nitrogen and oxygen atoms in total. The van der Waals surface area contributed by atoms with Crippen molar-refractivity contribution < 1.29 is 18.9 Å². The van der Waals surface area contributed by atoms with Crippen LogP contribution in [-0.2, 0) is 0 Å². The second kappa shape index (κ2) is 3.86. The first-order valence-electron chi connectivity index (χ1n) is 3.16. The van der Waals surface area contributed by atoms with Crippen LogP contribution in [0.5, 0.6) is 0 Å². The van der Waals surface area contributed by atoms with Crippen molar-refractivity contribution in [1.29, 1.82) is 0 Å². The van der Waals surface area contributed by atoms with Crippen LogP contribution in [-0.4, -0.2) is 0 Å². The second-order valence-corrected chi connectivity index (χ2v) is 2.41. The van der Waals surface area contributed by atoms with Gasteiger partial charge in [-0.2, -0.15) is 34.9 Å². The van der Waals surface area contributed by atoms with Gasteiger partial charge in [-0.25, -0.2) is 0 Å². The molecule has 0 saturated heterocycles. The largest absolute Gasteiger partial charge is 1.00 e. The summed E-state index contributed by atoms with van der Waals surface area (Å²) in [6.07, 6.45) is 0. The monoisotopic (exact) mass is 126 g/mol. The number of rotatable bonds is 0. The van der Waals surface area contributed by atoms with Crippen LogP contribution in [0.25, 0.3) is 0 Å². The Bertz CT molecular complexity index is 196. The Morgan fingerprint density at radius 3 is 2.20 bits per heavy atom. The predicted molar refractivity (Wildman–Crippen MR) is 39.5 cm³/mol. The van der Waals surface area contributed by atoms with Gasteiger partial charge in [0.1, 0.15) is 0 Å². The molecular formula is C9H11Li. The van der Waals surface area contributed by atoms with Crippen molar-refractivity contribution in [2.45, 2.75) is 20.8 Å². The average Bonchev–Trinajstić information content (AvgIpc) is 1.83. The molecule has 10 heavy (non-hydrogen) atoms. The van der Waals surface area contributed by atoms with Crippen LogP contribution < -0.4 is 18.9 Å². The first-order chi connectivity index (χ1) is 4.22. The van der Waals surface area contributed by atoms with Crippen molar-refractivity contribution in [1.82, 2.24) is 0 Å². The van der Waals surface area contributed by atoms with E-state index in [-0.39, 0.29) is 18.9 Å². The van der Waals surface area contributed by atoms with Gasteiger partial charge in [-0.3, -0.25) is 0 Å². The van der Waals surface area contributed by atoms with Crippen LogP contribution in [0.1, 0.15) is 16.7 Å². The van der Waals surface area contributed by atoms with Gasteiger partial charge in [-0.15, -0.1) is 0 Å².